The van der Waals surface area contributed by atoms with Gasteiger partial charge in [-0.25, -0.2) is 0 Å². The summed E-state index contributed by atoms with van der Waals surface area (Å²) >= 11 is 0. The first-order valence-electron chi connectivity index (χ1n) is 13.5. The van der Waals surface area contributed by atoms with Crippen molar-refractivity contribution in [2.75, 3.05) is 0 Å². The summed E-state index contributed by atoms with van der Waals surface area (Å²) < 4.78 is 135. The van der Waals surface area contributed by atoms with Gasteiger partial charge in [-0.05, 0) is 58.7 Å². The molecule has 0 bridgehead atoms. The molecule has 0 saturated heterocycles. The second-order valence-corrected chi connectivity index (χ2v) is 15.7. The van der Waals surface area contributed by atoms with Crippen LogP contribution in [0.25, 0.3) is 24.3 Å². The quantitative estimate of drug-likeness (QED) is 0.0393. The largest absolute Gasteiger partial charge is 0.295 e. The summed E-state index contributed by atoms with van der Waals surface area (Å²) in [4.78, 5) is 17.0. The number of benzene rings is 4. The molecule has 0 fully saturated rings. The van der Waals surface area contributed by atoms with E-state index in [0.717, 1.165) is 72.8 Å². The molecular formula is C28H20N4Na4O16S4. The molecule has 0 atom stereocenters. The fourth-order valence-electron chi connectivity index (χ4n) is 4.36. The molecule has 4 rings (SSSR count). The maximum atomic E-state index is 12.2. The Morgan fingerprint density at radius 1 is 0.429 bits per heavy atom. The fraction of sp³-hybridized carbons (Fsp3) is 0. The maximum absolute atomic E-state index is 12.2. The van der Waals surface area contributed by atoms with Gasteiger partial charge >= 0.3 is 0 Å². The van der Waals surface area contributed by atoms with Crippen LogP contribution in [-0.4, -0.2) is 180 Å². The van der Waals surface area contributed by atoms with E-state index in [1.54, 1.807) is 0 Å². The topological polar surface area (TPSA) is 328 Å². The van der Waals surface area contributed by atoms with Gasteiger partial charge in [-0.3, -0.25) is 38.4 Å². The summed E-state index contributed by atoms with van der Waals surface area (Å²) in [5.41, 5.74) is -2.82. The van der Waals surface area contributed by atoms with Crippen molar-refractivity contribution in [3.63, 3.8) is 0 Å². The Morgan fingerprint density at radius 3 is 0.893 bits per heavy atom. The molecule has 0 spiro atoms. The van der Waals surface area contributed by atoms with Crippen LogP contribution in [0.5, 0.6) is 0 Å². The first-order valence-corrected chi connectivity index (χ1v) is 19.2. The third-order valence-electron chi connectivity index (χ3n) is 6.69. The molecule has 0 aliphatic rings. The van der Waals surface area contributed by atoms with Crippen molar-refractivity contribution < 1.29 is 61.7 Å². The van der Waals surface area contributed by atoms with Gasteiger partial charge in [0.05, 0.1) is 21.2 Å². The number of hydrogen-bond acceptors (Lipinski definition) is 14. The molecule has 4 aromatic carbocycles. The number of nitro benzene ring substituents is 2. The summed E-state index contributed by atoms with van der Waals surface area (Å²) in [6, 6.07) is 11.2. The van der Waals surface area contributed by atoms with E-state index in [4.69, 9.17) is 0 Å². The molecule has 276 valence electrons. The number of non-ortho nitro benzene ring substituents is 2. The number of nitro groups is 2. The Labute approximate surface area is 407 Å². The van der Waals surface area contributed by atoms with Gasteiger partial charge < -0.3 is 0 Å². The van der Waals surface area contributed by atoms with E-state index < -0.39 is 81.3 Å². The van der Waals surface area contributed by atoms with Gasteiger partial charge in [0.25, 0.3) is 51.8 Å². The van der Waals surface area contributed by atoms with Gasteiger partial charge in [-0.2, -0.15) is 43.9 Å². The van der Waals surface area contributed by atoms with Gasteiger partial charge in [-0.15, -0.1) is 0 Å². The molecule has 20 nitrogen and oxygen atoms in total. The molecule has 56 heavy (non-hydrogen) atoms. The summed E-state index contributed by atoms with van der Waals surface area (Å²) in [6.45, 7) is 0. The van der Waals surface area contributed by atoms with Crippen molar-refractivity contribution in [3.8, 4) is 0 Å². The van der Waals surface area contributed by atoms with E-state index in [1.165, 1.54) is 12.1 Å². The van der Waals surface area contributed by atoms with Gasteiger partial charge in [-0.1, -0.05) is 36.4 Å². The van der Waals surface area contributed by atoms with Crippen LogP contribution in [0.15, 0.2) is 103 Å². The zero-order valence-electron chi connectivity index (χ0n) is 29.3. The number of azo groups is 1. The second-order valence-electron chi connectivity index (χ2n) is 10.2. The van der Waals surface area contributed by atoms with Crippen molar-refractivity contribution in [1.29, 1.82) is 0 Å². The second kappa shape index (κ2) is 21.6. The van der Waals surface area contributed by atoms with Crippen molar-refractivity contribution in [1.82, 2.24) is 0 Å². The van der Waals surface area contributed by atoms with Gasteiger partial charge in [0.1, 0.15) is 19.6 Å². The molecule has 0 saturated carbocycles. The molecule has 4 aromatic rings. The van der Waals surface area contributed by atoms with Crippen LogP contribution < -0.4 is 0 Å². The van der Waals surface area contributed by atoms with Gasteiger partial charge in [0, 0.05) is 142 Å². The first kappa shape index (κ1) is 54.4. The van der Waals surface area contributed by atoms with E-state index in [1.807, 2.05) is 0 Å². The monoisotopic (exact) mass is 888 g/mol. The summed E-state index contributed by atoms with van der Waals surface area (Å²) in [5, 5.41) is 29.7. The van der Waals surface area contributed by atoms with E-state index in [-0.39, 0.29) is 152 Å². The zero-order valence-corrected chi connectivity index (χ0v) is 40.6. The summed E-state index contributed by atoms with van der Waals surface area (Å²) in [6.07, 6.45) is 4.02. The van der Waals surface area contributed by atoms with Crippen LogP contribution in [0.3, 0.4) is 0 Å². The Bertz CT molecular complexity index is 2530. The minimum absolute atomic E-state index is 0. The summed E-state index contributed by atoms with van der Waals surface area (Å²) in [5.74, 6) is 0. The van der Waals surface area contributed by atoms with E-state index >= 15 is 0 Å². The minimum Gasteiger partial charge on any atom is -0.282 e. The average Bonchev–Trinajstić information content (AvgIpc) is 3.03. The van der Waals surface area contributed by atoms with Crippen LogP contribution in [0.1, 0.15) is 22.3 Å². The van der Waals surface area contributed by atoms with Crippen LogP contribution >= 0.6 is 0 Å². The smallest absolute Gasteiger partial charge is 0.282 e. The molecule has 0 aliphatic heterocycles. The SMILES string of the molecule is O=[N+]([O-])c1ccc(C=Cc2ccc(N=Nc3ccc(C=Cc4ccc([N+](=O)[O-])cc4S(=O)(=O)O)c(S(=O)(=O)O)c3)cc2S(=O)(=O)O)c(S(=O)(=O)O)c1.[Na].[Na].[Na].[Na]. The van der Waals surface area contributed by atoms with Crippen molar-refractivity contribution >= 4 is 206 Å². The minimum atomic E-state index is -5.00. The summed E-state index contributed by atoms with van der Waals surface area (Å²) in [7, 11) is -19.9. The van der Waals surface area contributed by atoms with Crippen molar-refractivity contribution in [2.24, 2.45) is 10.2 Å². The van der Waals surface area contributed by atoms with Crippen molar-refractivity contribution in [3.05, 3.63) is 115 Å². The first-order chi connectivity index (χ1) is 23.9. The van der Waals surface area contributed by atoms with Crippen LogP contribution in [0.4, 0.5) is 22.7 Å². The molecule has 0 aliphatic carbocycles. The Morgan fingerprint density at radius 2 is 0.661 bits per heavy atom. The number of rotatable bonds is 12. The van der Waals surface area contributed by atoms with E-state index in [0.29, 0.717) is 12.1 Å². The fourth-order valence-corrected chi connectivity index (χ4v) is 7.18. The van der Waals surface area contributed by atoms with E-state index in [2.05, 4.69) is 10.2 Å². The molecule has 0 unspecified atom stereocenters. The van der Waals surface area contributed by atoms with Gasteiger partial charge in [0.2, 0.25) is 0 Å². The molecule has 0 heterocycles. The predicted molar refractivity (Wildman–Crippen MR) is 203 cm³/mol. The zero-order chi connectivity index (χ0) is 38.8. The third kappa shape index (κ3) is 14.6. The van der Waals surface area contributed by atoms with Crippen LogP contribution in [0.2, 0.25) is 0 Å². The predicted octanol–water partition coefficient (Wildman–Crippen LogP) is 3.72. The molecule has 4 radical (unpaired) electrons. The van der Waals surface area contributed by atoms with Crippen molar-refractivity contribution in [2.45, 2.75) is 19.6 Å². The van der Waals surface area contributed by atoms with Crippen LogP contribution in [0, 0.1) is 20.2 Å². The average molecular weight is 889 g/mol. The Balaban J connectivity index is 0.00000756. The standard InChI is InChI=1S/C28H20N4O16S4.4Na/c33-31(34)23-11-7-19(27(15-23)51(43,44)45)3-1-17-5-9-21(13-25(17)49(37,38)39)29-30-22-10-6-18(26(14-22)50(40,41)42)2-4-20-8-12-24(32(35)36)16-28(20)52(46,47)48;;;;/h1-16H,(H,37,38,39)(H,40,41,42)(H,43,44,45)(H,46,47,48);;;;. The molecule has 4 N–H and O–H groups in total. The molecule has 0 amide bonds. The maximum Gasteiger partial charge on any atom is 0.295 e. The third-order valence-corrected chi connectivity index (χ3v) is 10.3. The molecule has 0 aromatic heterocycles. The normalized spacial score (nSPS) is 12.0. The Kier molecular flexibility index (Phi) is 21.0. The molecular weight excluding hydrogens is 869 g/mol. The van der Waals surface area contributed by atoms with Crippen LogP contribution in [-0.2, 0) is 40.5 Å². The van der Waals surface area contributed by atoms with Gasteiger partial charge in [0.15, 0.2) is 0 Å². The Hall–Kier alpha value is -1.60. The number of nitrogens with zero attached hydrogens (tertiary/aromatic N) is 4. The van der Waals surface area contributed by atoms with E-state index in [9.17, 15) is 72.1 Å². The number of hydrogen-bond donors (Lipinski definition) is 4. The molecule has 28 heteroatoms.